The largest absolute Gasteiger partial charge is 0.380 e. The maximum atomic E-state index is 12.3. The van der Waals surface area contributed by atoms with Crippen LogP contribution >= 0.6 is 0 Å². The highest BCUT2D eigenvalue weighted by Gasteiger charge is 2.32. The van der Waals surface area contributed by atoms with Gasteiger partial charge in [0.05, 0.1) is 28.7 Å². The molecule has 1 N–H and O–H groups in total. The lowest BCUT2D eigenvalue weighted by molar-refractivity contribution is 0.0386. The van der Waals surface area contributed by atoms with Crippen molar-refractivity contribution in [1.29, 1.82) is 5.26 Å². The van der Waals surface area contributed by atoms with E-state index in [0.29, 0.717) is 18.8 Å². The molecule has 1 aliphatic rings. The summed E-state index contributed by atoms with van der Waals surface area (Å²) < 4.78 is 32.5. The van der Waals surface area contributed by atoms with Gasteiger partial charge < -0.3 is 4.74 Å². The summed E-state index contributed by atoms with van der Waals surface area (Å²) in [6, 6.07) is 7.82. The van der Waals surface area contributed by atoms with Crippen LogP contribution in [0.15, 0.2) is 29.2 Å². The van der Waals surface area contributed by atoms with E-state index in [-0.39, 0.29) is 4.90 Å². The third-order valence-electron chi connectivity index (χ3n) is 3.11. The van der Waals surface area contributed by atoms with E-state index in [2.05, 4.69) is 4.72 Å². The van der Waals surface area contributed by atoms with E-state index < -0.39 is 15.6 Å². The predicted octanol–water partition coefficient (Wildman–Crippen LogP) is 1.41. The van der Waals surface area contributed by atoms with Gasteiger partial charge in [-0.3, -0.25) is 0 Å². The van der Waals surface area contributed by atoms with Gasteiger partial charge in [0.25, 0.3) is 0 Å². The van der Waals surface area contributed by atoms with E-state index in [1.165, 1.54) is 24.3 Å². The highest BCUT2D eigenvalue weighted by Crippen LogP contribution is 2.21. The van der Waals surface area contributed by atoms with Crippen molar-refractivity contribution in [3.8, 4) is 6.07 Å². The number of nitrogens with zero attached hydrogens (tertiary/aromatic N) is 1. The molecule has 1 aliphatic heterocycles. The van der Waals surface area contributed by atoms with Crippen molar-refractivity contribution in [1.82, 2.24) is 4.72 Å². The van der Waals surface area contributed by atoms with Gasteiger partial charge in [0.1, 0.15) is 0 Å². The zero-order valence-corrected chi connectivity index (χ0v) is 11.5. The van der Waals surface area contributed by atoms with Crippen molar-refractivity contribution in [3.05, 3.63) is 29.8 Å². The molecule has 0 bridgehead atoms. The number of hydrogen-bond donors (Lipinski definition) is 1. The molecular weight excluding hydrogens is 264 g/mol. The summed E-state index contributed by atoms with van der Waals surface area (Å²) >= 11 is 0. The monoisotopic (exact) mass is 280 g/mol. The van der Waals surface area contributed by atoms with Crippen LogP contribution in [0.4, 0.5) is 0 Å². The average molecular weight is 280 g/mol. The van der Waals surface area contributed by atoms with Gasteiger partial charge in [-0.1, -0.05) is 0 Å². The Bertz CT molecular complexity index is 581. The SMILES string of the molecule is CC1(NS(=O)(=O)c2ccc(C#N)cc2)CCCOC1. The normalized spacial score (nSPS) is 23.8. The standard InChI is InChI=1S/C13H16N2O3S/c1-13(7-2-8-18-10-13)15-19(16,17)12-5-3-11(9-14)4-6-12/h3-6,15H,2,7-8,10H2,1H3. The van der Waals surface area contributed by atoms with Crippen LogP contribution in [0.5, 0.6) is 0 Å². The third kappa shape index (κ3) is 3.32. The molecule has 1 aromatic carbocycles. The second-order valence-electron chi connectivity index (χ2n) is 4.96. The lowest BCUT2D eigenvalue weighted by Crippen LogP contribution is -2.51. The summed E-state index contributed by atoms with van der Waals surface area (Å²) in [5, 5.41) is 8.70. The molecule has 5 nitrogen and oxygen atoms in total. The quantitative estimate of drug-likeness (QED) is 0.907. The molecule has 1 unspecified atom stereocenters. The Balaban J connectivity index is 2.19. The van der Waals surface area contributed by atoms with E-state index in [9.17, 15) is 8.42 Å². The first-order chi connectivity index (χ1) is 8.95. The van der Waals surface area contributed by atoms with Gasteiger partial charge >= 0.3 is 0 Å². The van der Waals surface area contributed by atoms with Gasteiger partial charge in [-0.05, 0) is 44.0 Å². The van der Waals surface area contributed by atoms with E-state index in [4.69, 9.17) is 10.00 Å². The number of hydrogen-bond acceptors (Lipinski definition) is 4. The molecule has 6 heteroatoms. The van der Waals surface area contributed by atoms with Gasteiger partial charge in [0.2, 0.25) is 10.0 Å². The maximum Gasteiger partial charge on any atom is 0.241 e. The Morgan fingerprint density at radius 1 is 1.37 bits per heavy atom. The zero-order chi connectivity index (χ0) is 13.9. The molecular formula is C13H16N2O3S. The average Bonchev–Trinajstić information content (AvgIpc) is 2.38. The van der Waals surface area contributed by atoms with Gasteiger partial charge in [-0.15, -0.1) is 0 Å². The van der Waals surface area contributed by atoms with Crippen LogP contribution in [0.3, 0.4) is 0 Å². The van der Waals surface area contributed by atoms with Gasteiger partial charge in [0, 0.05) is 6.61 Å². The second kappa shape index (κ2) is 5.29. The fourth-order valence-corrected chi connectivity index (χ4v) is 3.53. The maximum absolute atomic E-state index is 12.3. The van der Waals surface area contributed by atoms with Crippen LogP contribution in [0.2, 0.25) is 0 Å². The molecule has 1 heterocycles. The van der Waals surface area contributed by atoms with Crippen LogP contribution in [-0.2, 0) is 14.8 Å². The number of benzene rings is 1. The van der Waals surface area contributed by atoms with Crippen molar-refractivity contribution in [3.63, 3.8) is 0 Å². The lowest BCUT2D eigenvalue weighted by Gasteiger charge is -2.33. The van der Waals surface area contributed by atoms with Crippen LogP contribution in [-0.4, -0.2) is 27.2 Å². The summed E-state index contributed by atoms with van der Waals surface area (Å²) in [5.41, 5.74) is -0.128. The molecule has 1 atom stereocenters. The summed E-state index contributed by atoms with van der Waals surface area (Å²) in [4.78, 5) is 0.165. The van der Waals surface area contributed by atoms with Crippen molar-refractivity contribution >= 4 is 10.0 Å². The summed E-state index contributed by atoms with van der Waals surface area (Å²) in [7, 11) is -3.58. The molecule has 1 fully saturated rings. The Labute approximate surface area is 113 Å². The van der Waals surface area contributed by atoms with Crippen molar-refractivity contribution in [2.75, 3.05) is 13.2 Å². The predicted molar refractivity (Wildman–Crippen MR) is 69.9 cm³/mol. The zero-order valence-electron chi connectivity index (χ0n) is 10.7. The van der Waals surface area contributed by atoms with Crippen molar-refractivity contribution in [2.24, 2.45) is 0 Å². The minimum atomic E-state index is -3.58. The van der Waals surface area contributed by atoms with Gasteiger partial charge in [-0.2, -0.15) is 5.26 Å². The van der Waals surface area contributed by atoms with Crippen LogP contribution in [0.1, 0.15) is 25.3 Å². The van der Waals surface area contributed by atoms with Gasteiger partial charge in [0.15, 0.2) is 0 Å². The first kappa shape index (κ1) is 14.0. The van der Waals surface area contributed by atoms with E-state index in [0.717, 1.165) is 12.8 Å². The number of sulfonamides is 1. The Hall–Kier alpha value is -1.42. The second-order valence-corrected chi connectivity index (χ2v) is 6.64. The Kier molecular flexibility index (Phi) is 3.90. The van der Waals surface area contributed by atoms with E-state index in [1.807, 2.05) is 13.0 Å². The highest BCUT2D eigenvalue weighted by atomic mass is 32.2. The summed E-state index contributed by atoms with van der Waals surface area (Å²) in [6.07, 6.45) is 1.59. The smallest absolute Gasteiger partial charge is 0.241 e. The molecule has 2 rings (SSSR count). The molecule has 1 aromatic rings. The van der Waals surface area contributed by atoms with Crippen LogP contribution in [0.25, 0.3) is 0 Å². The van der Waals surface area contributed by atoms with Crippen LogP contribution < -0.4 is 4.72 Å². The molecule has 102 valence electrons. The molecule has 0 aromatic heterocycles. The summed E-state index contributed by atoms with van der Waals surface area (Å²) in [5.74, 6) is 0. The molecule has 0 spiro atoms. The molecule has 0 radical (unpaired) electrons. The van der Waals surface area contributed by atoms with E-state index in [1.54, 1.807) is 0 Å². The Morgan fingerprint density at radius 3 is 2.58 bits per heavy atom. The molecule has 0 amide bonds. The lowest BCUT2D eigenvalue weighted by atomic mass is 9.97. The van der Waals surface area contributed by atoms with Gasteiger partial charge in [-0.25, -0.2) is 13.1 Å². The highest BCUT2D eigenvalue weighted by molar-refractivity contribution is 7.89. The first-order valence-corrected chi connectivity index (χ1v) is 7.55. The number of nitrogens with one attached hydrogen (secondary N) is 1. The fraction of sp³-hybridized carbons (Fsp3) is 0.462. The summed E-state index contributed by atoms with van der Waals surface area (Å²) in [6.45, 7) is 2.89. The minimum Gasteiger partial charge on any atom is -0.380 e. The topological polar surface area (TPSA) is 79.2 Å². The molecule has 0 saturated carbocycles. The van der Waals surface area contributed by atoms with Crippen molar-refractivity contribution < 1.29 is 13.2 Å². The fourth-order valence-electron chi connectivity index (χ4n) is 2.11. The molecule has 19 heavy (non-hydrogen) atoms. The number of rotatable bonds is 3. The van der Waals surface area contributed by atoms with Crippen molar-refractivity contribution in [2.45, 2.75) is 30.2 Å². The minimum absolute atomic E-state index is 0.165. The molecule has 1 saturated heterocycles. The third-order valence-corrected chi connectivity index (χ3v) is 4.77. The Morgan fingerprint density at radius 2 is 2.05 bits per heavy atom. The molecule has 0 aliphatic carbocycles. The number of nitriles is 1. The van der Waals surface area contributed by atoms with Crippen LogP contribution in [0, 0.1) is 11.3 Å². The number of ether oxygens (including phenoxy) is 1. The first-order valence-electron chi connectivity index (χ1n) is 6.07. The van der Waals surface area contributed by atoms with E-state index >= 15 is 0 Å².